The Bertz CT molecular complexity index is 1110. The third-order valence-corrected chi connectivity index (χ3v) is 5.73. The molecule has 3 N–H and O–H groups in total. The molecule has 5 nitrogen and oxygen atoms in total. The average Bonchev–Trinajstić information content (AvgIpc) is 3.02. The summed E-state index contributed by atoms with van der Waals surface area (Å²) in [5, 5.41) is -1.28. The number of benzene rings is 1. The van der Waals surface area contributed by atoms with Crippen molar-refractivity contribution in [3.63, 3.8) is 0 Å². The molecule has 2 aromatic heterocycles. The van der Waals surface area contributed by atoms with Gasteiger partial charge in [0.2, 0.25) is 0 Å². The topological polar surface area (TPSA) is 68.8 Å². The Morgan fingerprint density at radius 1 is 1.31 bits per heavy atom. The van der Waals surface area contributed by atoms with Gasteiger partial charge in [-0.2, -0.15) is 0 Å². The van der Waals surface area contributed by atoms with Crippen molar-refractivity contribution in [1.82, 2.24) is 4.40 Å². The first kappa shape index (κ1) is 20.6. The van der Waals surface area contributed by atoms with E-state index >= 15 is 0 Å². The molecule has 1 aromatic carbocycles. The molecule has 0 radical (unpaired) electrons. The number of carbonyl (C=O) groups excluding carboxylic acids is 1. The number of anilines is 2. The molecule has 0 atom stereocenters. The number of fused-ring (bicyclic) bond motifs is 1. The van der Waals surface area contributed by atoms with Crippen LogP contribution in [0.4, 0.5) is 24.5 Å². The second-order valence-electron chi connectivity index (χ2n) is 5.86. The minimum absolute atomic E-state index is 0.104. The number of nitrogens with two attached hydrogens (primary N) is 1. The number of aldehydes is 1. The van der Waals surface area contributed by atoms with Gasteiger partial charge in [0.25, 0.3) is 0 Å². The Morgan fingerprint density at radius 2 is 2.10 bits per heavy atom. The normalized spacial score (nSPS) is 11.0. The van der Waals surface area contributed by atoms with Gasteiger partial charge in [-0.25, -0.2) is 0 Å². The fourth-order valence-electron chi connectivity index (χ4n) is 2.71. The second kappa shape index (κ2) is 8.51. The maximum atomic E-state index is 13.1. The van der Waals surface area contributed by atoms with Crippen LogP contribution in [-0.2, 0) is 0 Å². The number of hydrogen-bond acceptors (Lipinski definition) is 4. The molecule has 0 aliphatic heterocycles. The zero-order chi connectivity index (χ0) is 21.0. The molecule has 150 valence electrons. The number of alkyl halides is 3. The molecule has 0 amide bonds. The number of carbonyl (C=O) groups is 1. The number of nitrogens with zero attached hydrogens (tertiary/aromatic N) is 1. The zero-order valence-corrected chi connectivity index (χ0v) is 16.9. The number of rotatable bonds is 5. The predicted octanol–water partition coefficient (Wildman–Crippen LogP) is 2.66. The quantitative estimate of drug-likeness (QED) is 0.345. The fourth-order valence-corrected chi connectivity index (χ4v) is 4.17. The van der Waals surface area contributed by atoms with Gasteiger partial charge in [-0.3, -0.25) is 0 Å². The SMILES string of the molecule is COc1cc(C=O)ccc1NCC#Cc1cc2c(N)cccn2c1[Se]C(F)(F)F. The van der Waals surface area contributed by atoms with Gasteiger partial charge in [0.15, 0.2) is 0 Å². The van der Waals surface area contributed by atoms with E-state index in [1.54, 1.807) is 42.6 Å². The molecule has 0 aliphatic carbocycles. The van der Waals surface area contributed by atoms with Gasteiger partial charge in [0.1, 0.15) is 0 Å². The number of methoxy groups -OCH3 is 1. The number of nitrogen functional groups attached to an aromatic ring is 1. The molecule has 0 aliphatic rings. The maximum absolute atomic E-state index is 13.1. The third kappa shape index (κ3) is 4.86. The first-order chi connectivity index (χ1) is 13.8. The number of nitrogens with one attached hydrogen (secondary N) is 1. The van der Waals surface area contributed by atoms with Gasteiger partial charge in [0.05, 0.1) is 0 Å². The Balaban J connectivity index is 1.86. The van der Waals surface area contributed by atoms with Crippen molar-refractivity contribution in [3.05, 3.63) is 53.7 Å². The van der Waals surface area contributed by atoms with E-state index in [2.05, 4.69) is 17.2 Å². The standard InChI is InChI=1S/C20H16F3N3O2Se/c1-28-18-10-13(12-27)6-7-16(18)25-8-2-4-14-11-17-15(24)5-3-9-26(17)19(14)29-20(21,22)23/h3,5-7,9-12,25H,8,24H2,1H3. The summed E-state index contributed by atoms with van der Waals surface area (Å²) in [4.78, 5) is 10.8. The van der Waals surface area contributed by atoms with Crippen LogP contribution in [0.1, 0.15) is 15.9 Å². The van der Waals surface area contributed by atoms with Crippen LogP contribution in [0.25, 0.3) is 5.52 Å². The first-order valence-corrected chi connectivity index (χ1v) is 10.0. The molecular weight excluding hydrogens is 450 g/mol. The summed E-state index contributed by atoms with van der Waals surface area (Å²) in [7, 11) is 1.48. The number of aromatic nitrogens is 1. The Morgan fingerprint density at radius 3 is 2.79 bits per heavy atom. The minimum atomic E-state index is -4.31. The molecule has 3 rings (SSSR count). The summed E-state index contributed by atoms with van der Waals surface area (Å²) in [6.07, 6.45) is 2.26. The molecule has 0 saturated heterocycles. The van der Waals surface area contributed by atoms with E-state index in [0.29, 0.717) is 40.1 Å². The van der Waals surface area contributed by atoms with Crippen molar-refractivity contribution in [2.24, 2.45) is 0 Å². The number of ether oxygens (including phenoxy) is 1. The van der Waals surface area contributed by atoms with Gasteiger partial charge < -0.3 is 0 Å². The van der Waals surface area contributed by atoms with Crippen molar-refractivity contribution in [3.8, 4) is 17.6 Å². The van der Waals surface area contributed by atoms with Gasteiger partial charge in [-0.05, 0) is 0 Å². The van der Waals surface area contributed by atoms with E-state index in [0.717, 1.165) is 0 Å². The molecule has 0 saturated carbocycles. The monoisotopic (exact) mass is 467 g/mol. The van der Waals surface area contributed by atoms with Crippen molar-refractivity contribution in [2.45, 2.75) is 5.07 Å². The molecule has 9 heteroatoms. The summed E-state index contributed by atoms with van der Waals surface area (Å²) in [6, 6.07) is 9.69. The van der Waals surface area contributed by atoms with Crippen LogP contribution in [0.15, 0.2) is 42.6 Å². The number of hydrogen-bond donors (Lipinski definition) is 2. The van der Waals surface area contributed by atoms with Crippen LogP contribution < -0.4 is 20.4 Å². The molecular formula is C20H16F3N3O2Se. The van der Waals surface area contributed by atoms with E-state index in [1.165, 1.54) is 11.5 Å². The number of halogens is 3. The van der Waals surface area contributed by atoms with Crippen molar-refractivity contribution in [1.29, 1.82) is 0 Å². The van der Waals surface area contributed by atoms with E-state index in [4.69, 9.17) is 10.5 Å². The second-order valence-corrected chi connectivity index (χ2v) is 8.07. The van der Waals surface area contributed by atoms with Gasteiger partial charge in [0, 0.05) is 0 Å². The third-order valence-electron chi connectivity index (χ3n) is 3.96. The molecule has 0 fully saturated rings. The van der Waals surface area contributed by atoms with Crippen molar-refractivity contribution >= 4 is 42.7 Å². The van der Waals surface area contributed by atoms with E-state index in [-0.39, 0.29) is 11.1 Å². The van der Waals surface area contributed by atoms with Crippen LogP contribution in [0.5, 0.6) is 5.75 Å². The molecule has 29 heavy (non-hydrogen) atoms. The van der Waals surface area contributed by atoms with E-state index < -0.39 is 20.0 Å². The average molecular weight is 466 g/mol. The molecule has 0 unspecified atom stereocenters. The Hall–Kier alpha value is -3.08. The molecule has 0 spiro atoms. The molecule has 3 aromatic rings. The number of pyridine rings is 1. The summed E-state index contributed by atoms with van der Waals surface area (Å²) < 4.78 is 46.0. The zero-order valence-electron chi connectivity index (χ0n) is 15.2. The summed E-state index contributed by atoms with van der Waals surface area (Å²) in [6.45, 7) is 0.178. The van der Waals surface area contributed by atoms with Gasteiger partial charge in [-0.1, -0.05) is 0 Å². The summed E-state index contributed by atoms with van der Waals surface area (Å²) in [5.74, 6) is 6.12. The van der Waals surface area contributed by atoms with E-state index in [9.17, 15) is 18.0 Å². The van der Waals surface area contributed by atoms with Gasteiger partial charge in [-0.15, -0.1) is 0 Å². The van der Waals surface area contributed by atoms with Crippen molar-refractivity contribution < 1.29 is 22.7 Å². The summed E-state index contributed by atoms with van der Waals surface area (Å²) in [5.41, 5.74) is 8.17. The van der Waals surface area contributed by atoms with Crippen LogP contribution in [0, 0.1) is 11.8 Å². The molecule has 2 heterocycles. The Kier molecular flexibility index (Phi) is 6.06. The van der Waals surface area contributed by atoms with Crippen molar-refractivity contribution in [2.75, 3.05) is 24.7 Å². The van der Waals surface area contributed by atoms with Crippen LogP contribution >= 0.6 is 0 Å². The first-order valence-electron chi connectivity index (χ1n) is 8.33. The molecule has 0 bridgehead atoms. The van der Waals surface area contributed by atoms with Crippen LogP contribution in [-0.4, -0.2) is 44.4 Å². The van der Waals surface area contributed by atoms with Gasteiger partial charge >= 0.3 is 171 Å². The predicted molar refractivity (Wildman–Crippen MR) is 107 cm³/mol. The van der Waals surface area contributed by atoms with E-state index in [1.807, 2.05) is 0 Å². The van der Waals surface area contributed by atoms with Crippen LogP contribution in [0.2, 0.25) is 0 Å². The fraction of sp³-hybridized carbons (Fsp3) is 0.150. The summed E-state index contributed by atoms with van der Waals surface area (Å²) >= 11 is -1.77. The van der Waals surface area contributed by atoms with Crippen LogP contribution in [0.3, 0.4) is 0 Å². The Labute approximate surface area is 171 Å².